The van der Waals surface area contributed by atoms with Gasteiger partial charge in [0.25, 0.3) is 0 Å². The van der Waals surface area contributed by atoms with E-state index in [0.29, 0.717) is 13.0 Å². The molecule has 3 N–H and O–H groups in total. The van der Waals surface area contributed by atoms with Gasteiger partial charge in [-0.2, -0.15) is 0 Å². The number of nitrogens with zero attached hydrogens (tertiary/aromatic N) is 1. The predicted octanol–water partition coefficient (Wildman–Crippen LogP) is 2.98. The lowest BCUT2D eigenvalue weighted by Crippen LogP contribution is -2.41. The number of anilines is 1. The SMILES string of the molecule is CCC(C)(C)N(C)CCCC(=O)Nc1ccccc1CN. The first kappa shape index (κ1) is 17.7. The minimum absolute atomic E-state index is 0.0543. The molecule has 0 spiro atoms. The zero-order valence-corrected chi connectivity index (χ0v) is 13.8. The van der Waals surface area contributed by atoms with Crippen LogP contribution in [-0.2, 0) is 11.3 Å². The van der Waals surface area contributed by atoms with Crippen molar-refractivity contribution in [1.29, 1.82) is 0 Å². The lowest BCUT2D eigenvalue weighted by atomic mass is 10.00. The van der Waals surface area contributed by atoms with E-state index in [9.17, 15) is 4.79 Å². The van der Waals surface area contributed by atoms with Crippen molar-refractivity contribution in [3.63, 3.8) is 0 Å². The first-order chi connectivity index (χ1) is 9.90. The second-order valence-electron chi connectivity index (χ2n) is 6.10. The first-order valence-electron chi connectivity index (χ1n) is 7.69. The van der Waals surface area contributed by atoms with Crippen LogP contribution in [0.5, 0.6) is 0 Å². The normalized spacial score (nSPS) is 11.7. The Labute approximate surface area is 128 Å². The molecule has 0 saturated carbocycles. The average Bonchev–Trinajstić information content (AvgIpc) is 2.47. The first-order valence-corrected chi connectivity index (χ1v) is 7.69. The lowest BCUT2D eigenvalue weighted by Gasteiger charge is -2.34. The Bertz CT molecular complexity index is 457. The van der Waals surface area contributed by atoms with Crippen molar-refractivity contribution in [3.05, 3.63) is 29.8 Å². The summed E-state index contributed by atoms with van der Waals surface area (Å²) in [6, 6.07) is 7.67. The summed E-state index contributed by atoms with van der Waals surface area (Å²) in [6.45, 7) is 8.00. The van der Waals surface area contributed by atoms with Crippen LogP contribution in [0.15, 0.2) is 24.3 Å². The van der Waals surface area contributed by atoms with Crippen molar-refractivity contribution < 1.29 is 4.79 Å². The van der Waals surface area contributed by atoms with Crippen LogP contribution in [0.25, 0.3) is 0 Å². The standard InChI is InChI=1S/C17H29N3O/c1-5-17(2,3)20(4)12-8-11-16(21)19-15-10-7-6-9-14(15)13-18/h6-7,9-10H,5,8,11-13,18H2,1-4H3,(H,19,21). The highest BCUT2D eigenvalue weighted by atomic mass is 16.1. The molecule has 0 bridgehead atoms. The van der Waals surface area contributed by atoms with Crippen LogP contribution in [0, 0.1) is 0 Å². The van der Waals surface area contributed by atoms with Gasteiger partial charge in [-0.3, -0.25) is 4.79 Å². The number of hydrogen-bond acceptors (Lipinski definition) is 3. The number of carbonyl (C=O) groups is 1. The summed E-state index contributed by atoms with van der Waals surface area (Å²) in [4.78, 5) is 14.3. The second-order valence-corrected chi connectivity index (χ2v) is 6.10. The summed E-state index contributed by atoms with van der Waals surface area (Å²) in [7, 11) is 2.12. The summed E-state index contributed by atoms with van der Waals surface area (Å²) >= 11 is 0. The molecule has 0 radical (unpaired) electrons. The van der Waals surface area contributed by atoms with Crippen molar-refractivity contribution >= 4 is 11.6 Å². The molecule has 1 aromatic rings. The van der Waals surface area contributed by atoms with Crippen molar-refractivity contribution in [2.75, 3.05) is 18.9 Å². The Hall–Kier alpha value is -1.39. The van der Waals surface area contributed by atoms with E-state index in [1.807, 2.05) is 24.3 Å². The van der Waals surface area contributed by atoms with Crippen molar-refractivity contribution in [1.82, 2.24) is 4.90 Å². The largest absolute Gasteiger partial charge is 0.326 e. The van der Waals surface area contributed by atoms with Gasteiger partial charge in [0.15, 0.2) is 0 Å². The third-order valence-electron chi connectivity index (χ3n) is 4.31. The van der Waals surface area contributed by atoms with E-state index in [2.05, 4.69) is 38.0 Å². The van der Waals surface area contributed by atoms with Crippen LogP contribution in [0.4, 0.5) is 5.69 Å². The van der Waals surface area contributed by atoms with Crippen LogP contribution >= 0.6 is 0 Å². The number of rotatable bonds is 8. The monoisotopic (exact) mass is 291 g/mol. The van der Waals surface area contributed by atoms with Crippen LogP contribution in [0.1, 0.15) is 45.6 Å². The van der Waals surface area contributed by atoms with Gasteiger partial charge in [0.1, 0.15) is 0 Å². The molecular formula is C17H29N3O. The van der Waals surface area contributed by atoms with Crippen LogP contribution in [-0.4, -0.2) is 29.9 Å². The summed E-state index contributed by atoms with van der Waals surface area (Å²) in [5.41, 5.74) is 7.65. The third-order valence-corrected chi connectivity index (χ3v) is 4.31. The van der Waals surface area contributed by atoms with Gasteiger partial charge in [-0.1, -0.05) is 25.1 Å². The molecule has 4 heteroatoms. The molecule has 0 unspecified atom stereocenters. The van der Waals surface area contributed by atoms with Crippen LogP contribution < -0.4 is 11.1 Å². The molecule has 0 fully saturated rings. The summed E-state index contributed by atoms with van der Waals surface area (Å²) in [5.74, 6) is 0.0543. The van der Waals surface area contributed by atoms with Gasteiger partial charge in [0.05, 0.1) is 0 Å². The number of nitrogens with one attached hydrogen (secondary N) is 1. The van der Waals surface area contributed by atoms with Crippen LogP contribution in [0.2, 0.25) is 0 Å². The summed E-state index contributed by atoms with van der Waals surface area (Å²) < 4.78 is 0. The highest BCUT2D eigenvalue weighted by Crippen LogP contribution is 2.17. The number of carbonyl (C=O) groups excluding carboxylic acids is 1. The zero-order chi connectivity index (χ0) is 15.9. The van der Waals surface area contributed by atoms with Gasteiger partial charge in [-0.25, -0.2) is 0 Å². The summed E-state index contributed by atoms with van der Waals surface area (Å²) in [5, 5.41) is 2.95. The Morgan fingerprint density at radius 2 is 2.00 bits per heavy atom. The van der Waals surface area contributed by atoms with Gasteiger partial charge >= 0.3 is 0 Å². The average molecular weight is 291 g/mol. The lowest BCUT2D eigenvalue weighted by molar-refractivity contribution is -0.116. The Kier molecular flexibility index (Phi) is 6.85. The van der Waals surface area contributed by atoms with Gasteiger partial charge in [0.2, 0.25) is 5.91 Å². The molecule has 1 aromatic carbocycles. The van der Waals surface area contributed by atoms with E-state index in [1.165, 1.54) is 0 Å². The Morgan fingerprint density at radius 3 is 2.62 bits per heavy atom. The fourth-order valence-electron chi connectivity index (χ4n) is 2.08. The van der Waals surface area contributed by atoms with Crippen molar-refractivity contribution in [2.24, 2.45) is 5.73 Å². The third kappa shape index (κ3) is 5.48. The molecule has 0 aromatic heterocycles. The second kappa shape index (κ2) is 8.15. The predicted molar refractivity (Wildman–Crippen MR) is 89.2 cm³/mol. The smallest absolute Gasteiger partial charge is 0.224 e. The molecule has 118 valence electrons. The molecule has 0 aliphatic carbocycles. The molecule has 1 amide bonds. The maximum absolute atomic E-state index is 12.0. The fourth-order valence-corrected chi connectivity index (χ4v) is 2.08. The highest BCUT2D eigenvalue weighted by molar-refractivity contribution is 5.91. The van der Waals surface area contributed by atoms with Gasteiger partial charge in [-0.15, -0.1) is 0 Å². The van der Waals surface area contributed by atoms with Crippen molar-refractivity contribution in [2.45, 2.75) is 52.1 Å². The quantitative estimate of drug-likeness (QED) is 0.774. The minimum Gasteiger partial charge on any atom is -0.326 e. The fraction of sp³-hybridized carbons (Fsp3) is 0.588. The molecule has 4 nitrogen and oxygen atoms in total. The van der Waals surface area contributed by atoms with E-state index in [4.69, 9.17) is 5.73 Å². The zero-order valence-electron chi connectivity index (χ0n) is 13.8. The maximum atomic E-state index is 12.0. The molecule has 0 heterocycles. The number of nitrogens with two attached hydrogens (primary N) is 1. The number of amides is 1. The highest BCUT2D eigenvalue weighted by Gasteiger charge is 2.20. The molecule has 0 atom stereocenters. The molecule has 0 aliphatic heterocycles. The van der Waals surface area contributed by atoms with Gasteiger partial charge in [0, 0.05) is 24.2 Å². The number of benzene rings is 1. The maximum Gasteiger partial charge on any atom is 0.224 e. The number of hydrogen-bond donors (Lipinski definition) is 2. The molecular weight excluding hydrogens is 262 g/mol. The van der Waals surface area contributed by atoms with Gasteiger partial charge < -0.3 is 16.0 Å². The molecule has 0 saturated heterocycles. The number of para-hydroxylation sites is 1. The topological polar surface area (TPSA) is 58.4 Å². The van der Waals surface area contributed by atoms with E-state index < -0.39 is 0 Å². The molecule has 21 heavy (non-hydrogen) atoms. The van der Waals surface area contributed by atoms with E-state index in [0.717, 1.165) is 30.6 Å². The van der Waals surface area contributed by atoms with Crippen molar-refractivity contribution in [3.8, 4) is 0 Å². The van der Waals surface area contributed by atoms with E-state index in [-0.39, 0.29) is 11.4 Å². The minimum atomic E-state index is 0.0543. The summed E-state index contributed by atoms with van der Waals surface area (Å²) in [6.07, 6.45) is 2.49. The molecule has 0 aliphatic rings. The Balaban J connectivity index is 2.41. The van der Waals surface area contributed by atoms with E-state index >= 15 is 0 Å². The van der Waals surface area contributed by atoms with E-state index in [1.54, 1.807) is 0 Å². The van der Waals surface area contributed by atoms with Gasteiger partial charge in [-0.05, 0) is 51.9 Å². The Morgan fingerprint density at radius 1 is 1.33 bits per heavy atom. The molecule has 1 rings (SSSR count). The van der Waals surface area contributed by atoms with Crippen LogP contribution in [0.3, 0.4) is 0 Å².